The number of aromatic nitrogens is 1. The van der Waals surface area contributed by atoms with Crippen molar-refractivity contribution in [2.24, 2.45) is 0 Å². The fourth-order valence-corrected chi connectivity index (χ4v) is 3.66. The largest absolute Gasteiger partial charge is 0.483 e. The Balaban J connectivity index is 1.58. The van der Waals surface area contributed by atoms with Crippen LogP contribution < -0.4 is 10.1 Å². The molecular weight excluding hydrogens is 310 g/mol. The molecule has 0 atom stereocenters. The number of nitrogens with zero attached hydrogens (tertiary/aromatic N) is 2. The highest BCUT2D eigenvalue weighted by Gasteiger charge is 2.19. The number of thiazole rings is 1. The van der Waals surface area contributed by atoms with E-state index in [2.05, 4.69) is 22.2 Å². The molecule has 6 heteroatoms. The van der Waals surface area contributed by atoms with Gasteiger partial charge >= 0.3 is 0 Å². The molecule has 1 aromatic heterocycles. The Labute approximate surface area is 140 Å². The molecule has 2 heterocycles. The van der Waals surface area contributed by atoms with E-state index in [0.29, 0.717) is 5.13 Å². The molecule has 1 aromatic carbocycles. The van der Waals surface area contributed by atoms with Gasteiger partial charge in [0, 0.05) is 24.4 Å². The second-order valence-corrected chi connectivity index (χ2v) is 7.00. The van der Waals surface area contributed by atoms with E-state index in [1.165, 1.54) is 4.88 Å². The van der Waals surface area contributed by atoms with Crippen LogP contribution >= 0.6 is 11.3 Å². The number of hydrogen-bond acceptors (Lipinski definition) is 5. The SMILES string of the molecule is Cc1cccc(OCC(=O)Nc2nc3c(s2)CN(C)CC3)c1C. The summed E-state index contributed by atoms with van der Waals surface area (Å²) in [6.07, 6.45) is 0.942. The van der Waals surface area contributed by atoms with E-state index in [1.54, 1.807) is 11.3 Å². The maximum Gasteiger partial charge on any atom is 0.264 e. The average Bonchev–Trinajstić information content (AvgIpc) is 2.90. The van der Waals surface area contributed by atoms with Crippen LogP contribution in [0.25, 0.3) is 0 Å². The van der Waals surface area contributed by atoms with Gasteiger partial charge < -0.3 is 9.64 Å². The lowest BCUT2D eigenvalue weighted by Crippen LogP contribution is -2.25. The molecule has 23 heavy (non-hydrogen) atoms. The lowest BCUT2D eigenvalue weighted by molar-refractivity contribution is -0.118. The van der Waals surface area contributed by atoms with E-state index in [0.717, 1.165) is 42.1 Å². The number of aryl methyl sites for hydroxylation is 1. The summed E-state index contributed by atoms with van der Waals surface area (Å²) < 4.78 is 5.63. The van der Waals surface area contributed by atoms with Gasteiger partial charge in [-0.1, -0.05) is 12.1 Å². The quantitative estimate of drug-likeness (QED) is 0.936. The number of carbonyl (C=O) groups excluding carboxylic acids is 1. The molecule has 2 aromatic rings. The Kier molecular flexibility index (Phi) is 4.63. The first-order valence-corrected chi connectivity index (χ1v) is 8.50. The first-order chi connectivity index (χ1) is 11.0. The number of amides is 1. The third-order valence-corrected chi connectivity index (χ3v) is 5.08. The van der Waals surface area contributed by atoms with E-state index in [9.17, 15) is 4.79 Å². The zero-order valence-electron chi connectivity index (χ0n) is 13.7. The number of likely N-dealkylation sites (N-methyl/N-ethyl adjacent to an activating group) is 1. The van der Waals surface area contributed by atoms with Crippen LogP contribution in [0.5, 0.6) is 5.75 Å². The van der Waals surface area contributed by atoms with Crippen LogP contribution in [-0.2, 0) is 17.8 Å². The third-order valence-electron chi connectivity index (χ3n) is 4.08. The Morgan fingerprint density at radius 1 is 1.43 bits per heavy atom. The molecular formula is C17H21N3O2S. The minimum atomic E-state index is -0.176. The lowest BCUT2D eigenvalue weighted by atomic mass is 10.1. The van der Waals surface area contributed by atoms with Gasteiger partial charge in [0.2, 0.25) is 0 Å². The monoisotopic (exact) mass is 331 g/mol. The molecule has 0 fully saturated rings. The number of benzene rings is 1. The molecule has 0 spiro atoms. The first-order valence-electron chi connectivity index (χ1n) is 7.69. The summed E-state index contributed by atoms with van der Waals surface area (Å²) in [5.74, 6) is 0.575. The van der Waals surface area contributed by atoms with Crippen molar-refractivity contribution in [3.8, 4) is 5.75 Å². The maximum absolute atomic E-state index is 12.1. The van der Waals surface area contributed by atoms with Crippen LogP contribution in [0.15, 0.2) is 18.2 Å². The van der Waals surface area contributed by atoms with Gasteiger partial charge in [-0.3, -0.25) is 10.1 Å². The van der Waals surface area contributed by atoms with Gasteiger partial charge in [-0.15, -0.1) is 11.3 Å². The highest BCUT2D eigenvalue weighted by atomic mass is 32.1. The molecule has 1 amide bonds. The van der Waals surface area contributed by atoms with Gasteiger partial charge in [-0.05, 0) is 38.1 Å². The fraction of sp³-hybridized carbons (Fsp3) is 0.412. The van der Waals surface area contributed by atoms with Crippen LogP contribution in [0.1, 0.15) is 21.7 Å². The molecule has 0 aliphatic carbocycles. The molecule has 1 aliphatic rings. The normalized spacial score (nSPS) is 14.4. The van der Waals surface area contributed by atoms with Crippen molar-refractivity contribution in [1.29, 1.82) is 0 Å². The van der Waals surface area contributed by atoms with E-state index < -0.39 is 0 Å². The summed E-state index contributed by atoms with van der Waals surface area (Å²) in [5, 5.41) is 3.51. The van der Waals surface area contributed by atoms with Crippen LogP contribution in [0.3, 0.4) is 0 Å². The Bertz CT molecular complexity index is 727. The Hall–Kier alpha value is -1.92. The summed E-state index contributed by atoms with van der Waals surface area (Å²) in [4.78, 5) is 20.1. The van der Waals surface area contributed by atoms with Crippen molar-refractivity contribution in [3.05, 3.63) is 39.9 Å². The van der Waals surface area contributed by atoms with E-state index in [1.807, 2.05) is 32.0 Å². The van der Waals surface area contributed by atoms with Crippen LogP contribution in [0.2, 0.25) is 0 Å². The van der Waals surface area contributed by atoms with Gasteiger partial charge in [0.15, 0.2) is 11.7 Å². The van der Waals surface area contributed by atoms with Crippen LogP contribution in [0.4, 0.5) is 5.13 Å². The first kappa shape index (κ1) is 16.0. The highest BCUT2D eigenvalue weighted by molar-refractivity contribution is 7.15. The summed E-state index contributed by atoms with van der Waals surface area (Å²) in [7, 11) is 2.10. The molecule has 1 N–H and O–H groups in total. The summed E-state index contributed by atoms with van der Waals surface area (Å²) >= 11 is 1.55. The van der Waals surface area contributed by atoms with Crippen molar-refractivity contribution in [2.45, 2.75) is 26.8 Å². The number of fused-ring (bicyclic) bond motifs is 1. The predicted molar refractivity (Wildman–Crippen MR) is 92.2 cm³/mol. The zero-order chi connectivity index (χ0) is 16.4. The molecule has 0 saturated carbocycles. The predicted octanol–water partition coefficient (Wildman–Crippen LogP) is 2.77. The van der Waals surface area contributed by atoms with E-state index in [4.69, 9.17) is 4.74 Å². The Morgan fingerprint density at radius 2 is 2.26 bits per heavy atom. The van der Waals surface area contributed by atoms with Gasteiger partial charge in [0.25, 0.3) is 5.91 Å². The summed E-state index contributed by atoms with van der Waals surface area (Å²) in [5.41, 5.74) is 3.33. The van der Waals surface area contributed by atoms with Crippen molar-refractivity contribution in [1.82, 2.24) is 9.88 Å². The average molecular weight is 331 g/mol. The second kappa shape index (κ2) is 6.68. The van der Waals surface area contributed by atoms with Gasteiger partial charge in [-0.2, -0.15) is 0 Å². The molecule has 122 valence electrons. The van der Waals surface area contributed by atoms with Crippen LogP contribution in [-0.4, -0.2) is 36.0 Å². The third kappa shape index (κ3) is 3.71. The van der Waals surface area contributed by atoms with Crippen molar-refractivity contribution in [2.75, 3.05) is 25.5 Å². The second-order valence-electron chi connectivity index (χ2n) is 5.91. The van der Waals surface area contributed by atoms with Gasteiger partial charge in [-0.25, -0.2) is 4.98 Å². The standard InChI is InChI=1S/C17H21N3O2S/c1-11-5-4-6-14(12(11)2)22-10-16(21)19-17-18-13-7-8-20(3)9-15(13)23-17/h4-6H,7-10H2,1-3H3,(H,18,19,21). The number of ether oxygens (including phenoxy) is 1. The highest BCUT2D eigenvalue weighted by Crippen LogP contribution is 2.27. The minimum Gasteiger partial charge on any atom is -0.483 e. The molecule has 0 radical (unpaired) electrons. The number of hydrogen-bond donors (Lipinski definition) is 1. The molecule has 0 bridgehead atoms. The van der Waals surface area contributed by atoms with Gasteiger partial charge in [0.05, 0.1) is 5.69 Å². The van der Waals surface area contributed by atoms with Gasteiger partial charge in [0.1, 0.15) is 5.75 Å². The van der Waals surface area contributed by atoms with E-state index >= 15 is 0 Å². The Morgan fingerprint density at radius 3 is 3.09 bits per heavy atom. The molecule has 3 rings (SSSR count). The lowest BCUT2D eigenvalue weighted by Gasteiger charge is -2.20. The molecule has 0 saturated heterocycles. The van der Waals surface area contributed by atoms with E-state index in [-0.39, 0.29) is 12.5 Å². The maximum atomic E-state index is 12.1. The fourth-order valence-electron chi connectivity index (χ4n) is 2.56. The van der Waals surface area contributed by atoms with Crippen molar-refractivity contribution >= 4 is 22.4 Å². The number of carbonyl (C=O) groups is 1. The van der Waals surface area contributed by atoms with Crippen LogP contribution in [0, 0.1) is 13.8 Å². The molecule has 0 unspecified atom stereocenters. The number of nitrogens with one attached hydrogen (secondary N) is 1. The van der Waals surface area contributed by atoms with Crippen molar-refractivity contribution < 1.29 is 9.53 Å². The minimum absolute atomic E-state index is 0.00551. The smallest absolute Gasteiger partial charge is 0.264 e. The topological polar surface area (TPSA) is 54.5 Å². The van der Waals surface area contributed by atoms with Crippen molar-refractivity contribution in [3.63, 3.8) is 0 Å². The molecule has 1 aliphatic heterocycles. The number of rotatable bonds is 4. The number of anilines is 1. The molecule has 5 nitrogen and oxygen atoms in total. The summed E-state index contributed by atoms with van der Waals surface area (Å²) in [6.45, 7) is 5.93. The zero-order valence-corrected chi connectivity index (χ0v) is 14.5. The summed E-state index contributed by atoms with van der Waals surface area (Å²) in [6, 6.07) is 5.84.